The van der Waals surface area contributed by atoms with Crippen LogP contribution in [0.2, 0.25) is 0 Å². The monoisotopic (exact) mass is 412 g/mol. The lowest BCUT2D eigenvalue weighted by Gasteiger charge is -2.11. The van der Waals surface area contributed by atoms with Gasteiger partial charge in [-0.15, -0.1) is 0 Å². The number of carbonyl (C=O) groups is 2. The Balaban J connectivity index is 1.79. The molecule has 1 N–H and O–H groups in total. The number of carbonyl (C=O) groups excluding carboxylic acids is 2. The van der Waals surface area contributed by atoms with Crippen molar-refractivity contribution in [1.29, 1.82) is 5.26 Å². The van der Waals surface area contributed by atoms with Crippen molar-refractivity contribution in [2.24, 2.45) is 0 Å². The van der Waals surface area contributed by atoms with Crippen LogP contribution in [0, 0.1) is 11.3 Å². The first-order chi connectivity index (χ1) is 15.1. The van der Waals surface area contributed by atoms with Crippen molar-refractivity contribution in [2.75, 3.05) is 19.0 Å². The summed E-state index contributed by atoms with van der Waals surface area (Å²) in [5, 5.41) is 11.7. The van der Waals surface area contributed by atoms with E-state index in [1.807, 2.05) is 42.5 Å². The van der Waals surface area contributed by atoms with Crippen LogP contribution < -0.4 is 10.1 Å². The number of amides is 1. The Morgan fingerprint density at radius 1 is 0.968 bits per heavy atom. The van der Waals surface area contributed by atoms with E-state index in [0.717, 1.165) is 0 Å². The summed E-state index contributed by atoms with van der Waals surface area (Å²) in [6, 6.07) is 24.9. The van der Waals surface area contributed by atoms with Crippen LogP contribution in [0.5, 0.6) is 5.75 Å². The lowest BCUT2D eigenvalue weighted by Crippen LogP contribution is -2.21. The second-order valence-corrected chi connectivity index (χ2v) is 6.45. The lowest BCUT2D eigenvalue weighted by atomic mass is 10.0. The van der Waals surface area contributed by atoms with Crippen molar-refractivity contribution in [2.45, 2.75) is 0 Å². The minimum absolute atomic E-state index is 0.287. The minimum atomic E-state index is -0.652. The maximum absolute atomic E-state index is 12.9. The summed E-state index contributed by atoms with van der Waals surface area (Å²) in [6.07, 6.45) is 1.67. The van der Waals surface area contributed by atoms with Crippen molar-refractivity contribution in [3.8, 4) is 11.8 Å². The van der Waals surface area contributed by atoms with Gasteiger partial charge in [-0.1, -0.05) is 60.7 Å². The van der Waals surface area contributed by atoms with Gasteiger partial charge in [0.1, 0.15) is 11.8 Å². The molecule has 3 aromatic carbocycles. The first-order valence-corrected chi connectivity index (χ1v) is 9.48. The van der Waals surface area contributed by atoms with Crippen LogP contribution in [0.25, 0.3) is 11.6 Å². The molecule has 3 rings (SSSR count). The first kappa shape index (κ1) is 21.3. The fourth-order valence-electron chi connectivity index (χ4n) is 2.90. The van der Waals surface area contributed by atoms with Gasteiger partial charge in [0, 0.05) is 5.56 Å². The number of anilines is 1. The van der Waals surface area contributed by atoms with E-state index >= 15 is 0 Å². The van der Waals surface area contributed by atoms with E-state index in [1.165, 1.54) is 0 Å². The Labute approximate surface area is 180 Å². The highest BCUT2D eigenvalue weighted by Crippen LogP contribution is 2.25. The molecule has 31 heavy (non-hydrogen) atoms. The Morgan fingerprint density at radius 2 is 1.65 bits per heavy atom. The third-order valence-electron chi connectivity index (χ3n) is 4.40. The van der Waals surface area contributed by atoms with E-state index in [-0.39, 0.29) is 5.57 Å². The number of esters is 1. The molecule has 0 saturated carbocycles. The molecule has 0 spiro atoms. The molecule has 0 bridgehead atoms. The highest BCUT2D eigenvalue weighted by molar-refractivity contribution is 6.22. The third kappa shape index (κ3) is 5.58. The van der Waals surface area contributed by atoms with Crippen molar-refractivity contribution in [3.05, 3.63) is 95.6 Å². The summed E-state index contributed by atoms with van der Waals surface area (Å²) in [5.41, 5.74) is 2.32. The maximum atomic E-state index is 12.9. The average Bonchev–Trinajstić information content (AvgIpc) is 2.82. The Kier molecular flexibility index (Phi) is 7.17. The summed E-state index contributed by atoms with van der Waals surface area (Å²) in [4.78, 5) is 25.1. The molecule has 0 radical (unpaired) electrons. The van der Waals surface area contributed by atoms with Gasteiger partial charge in [0.2, 0.25) is 0 Å². The number of benzene rings is 3. The number of para-hydroxylation sites is 2. The number of methoxy groups -OCH3 is 1. The highest BCUT2D eigenvalue weighted by atomic mass is 16.5. The molecule has 0 fully saturated rings. The standard InChI is InChI=1S/C25H20N2O4/c1-30-23-14-8-6-11-19(23)15-21(18-9-3-2-4-10-18)25(29)31-17-24(28)27-22-13-7-5-12-20(22)16-26/h2-15H,17H2,1H3,(H,27,28)/b21-15+. The molecule has 154 valence electrons. The van der Waals surface area contributed by atoms with Gasteiger partial charge in [-0.3, -0.25) is 4.79 Å². The topological polar surface area (TPSA) is 88.4 Å². The predicted molar refractivity (Wildman–Crippen MR) is 118 cm³/mol. The molecule has 0 aromatic heterocycles. The zero-order valence-electron chi connectivity index (χ0n) is 16.9. The van der Waals surface area contributed by atoms with Crippen LogP contribution >= 0.6 is 0 Å². The normalized spacial score (nSPS) is 10.6. The summed E-state index contributed by atoms with van der Waals surface area (Å²) < 4.78 is 10.6. The number of hydrogen-bond acceptors (Lipinski definition) is 5. The smallest absolute Gasteiger partial charge is 0.339 e. The molecule has 0 aliphatic rings. The zero-order chi connectivity index (χ0) is 22.1. The van der Waals surface area contributed by atoms with Crippen molar-refractivity contribution >= 4 is 29.2 Å². The van der Waals surface area contributed by atoms with Gasteiger partial charge < -0.3 is 14.8 Å². The molecule has 6 nitrogen and oxygen atoms in total. The Bertz CT molecular complexity index is 1150. The molecular formula is C25H20N2O4. The number of nitriles is 1. The van der Waals surface area contributed by atoms with Crippen LogP contribution in [0.4, 0.5) is 5.69 Å². The third-order valence-corrected chi connectivity index (χ3v) is 4.40. The van der Waals surface area contributed by atoms with Crippen molar-refractivity contribution in [1.82, 2.24) is 0 Å². The number of hydrogen-bond donors (Lipinski definition) is 1. The van der Waals surface area contributed by atoms with Crippen molar-refractivity contribution in [3.63, 3.8) is 0 Å². The molecule has 0 aliphatic carbocycles. The van der Waals surface area contributed by atoms with Crippen LogP contribution in [-0.2, 0) is 14.3 Å². The van der Waals surface area contributed by atoms with Crippen LogP contribution in [0.3, 0.4) is 0 Å². The maximum Gasteiger partial charge on any atom is 0.339 e. The number of nitrogens with one attached hydrogen (secondary N) is 1. The minimum Gasteiger partial charge on any atom is -0.496 e. The molecule has 0 aliphatic heterocycles. The fourth-order valence-corrected chi connectivity index (χ4v) is 2.90. The van der Waals surface area contributed by atoms with E-state index in [0.29, 0.717) is 28.1 Å². The Morgan fingerprint density at radius 3 is 2.39 bits per heavy atom. The van der Waals surface area contributed by atoms with Gasteiger partial charge in [-0.25, -0.2) is 4.79 Å². The van der Waals surface area contributed by atoms with Crippen LogP contribution in [-0.4, -0.2) is 25.6 Å². The predicted octanol–water partition coefficient (Wildman–Crippen LogP) is 4.29. The molecule has 0 heterocycles. The molecule has 0 atom stereocenters. The second-order valence-electron chi connectivity index (χ2n) is 6.45. The second kappa shape index (κ2) is 10.4. The quantitative estimate of drug-likeness (QED) is 0.355. The average molecular weight is 412 g/mol. The van der Waals surface area contributed by atoms with Gasteiger partial charge in [0.15, 0.2) is 6.61 Å². The van der Waals surface area contributed by atoms with E-state index in [2.05, 4.69) is 5.32 Å². The lowest BCUT2D eigenvalue weighted by molar-refractivity contribution is -0.141. The van der Waals surface area contributed by atoms with E-state index in [9.17, 15) is 9.59 Å². The first-order valence-electron chi connectivity index (χ1n) is 9.48. The molecule has 3 aromatic rings. The van der Waals surface area contributed by atoms with Gasteiger partial charge >= 0.3 is 5.97 Å². The van der Waals surface area contributed by atoms with Gasteiger partial charge in [-0.05, 0) is 29.8 Å². The summed E-state index contributed by atoms with van der Waals surface area (Å²) in [7, 11) is 1.55. The SMILES string of the molecule is COc1ccccc1/C=C(/C(=O)OCC(=O)Nc1ccccc1C#N)c1ccccc1. The summed E-state index contributed by atoms with van der Waals surface area (Å²) in [6.45, 7) is -0.491. The Hall–Kier alpha value is -4.37. The molecule has 6 heteroatoms. The van der Waals surface area contributed by atoms with E-state index < -0.39 is 18.5 Å². The van der Waals surface area contributed by atoms with Gasteiger partial charge in [0.05, 0.1) is 23.9 Å². The summed E-state index contributed by atoms with van der Waals surface area (Å²) >= 11 is 0. The highest BCUT2D eigenvalue weighted by Gasteiger charge is 2.17. The van der Waals surface area contributed by atoms with Crippen LogP contribution in [0.1, 0.15) is 16.7 Å². The van der Waals surface area contributed by atoms with Crippen molar-refractivity contribution < 1.29 is 19.1 Å². The fraction of sp³-hybridized carbons (Fsp3) is 0.0800. The molecule has 0 saturated heterocycles. The molecule has 1 amide bonds. The number of nitrogens with zero attached hydrogens (tertiary/aromatic N) is 1. The largest absolute Gasteiger partial charge is 0.496 e. The van der Waals surface area contributed by atoms with Crippen LogP contribution in [0.15, 0.2) is 78.9 Å². The van der Waals surface area contributed by atoms with E-state index in [4.69, 9.17) is 14.7 Å². The number of ether oxygens (including phenoxy) is 2. The van der Waals surface area contributed by atoms with E-state index in [1.54, 1.807) is 55.7 Å². The zero-order valence-corrected chi connectivity index (χ0v) is 16.9. The summed E-state index contributed by atoms with van der Waals surface area (Å²) in [5.74, 6) is -0.587. The number of rotatable bonds is 7. The molecular weight excluding hydrogens is 392 g/mol. The van der Waals surface area contributed by atoms with Gasteiger partial charge in [0.25, 0.3) is 5.91 Å². The van der Waals surface area contributed by atoms with Gasteiger partial charge in [-0.2, -0.15) is 5.26 Å². The molecule has 0 unspecified atom stereocenters.